The van der Waals surface area contributed by atoms with Crippen LogP contribution in [-0.2, 0) is 30.0 Å². The number of hydrogen-bond acceptors (Lipinski definition) is 9. The molecule has 1 aromatic carbocycles. The molecule has 4 heterocycles. The van der Waals surface area contributed by atoms with Crippen LogP contribution in [0.25, 0.3) is 11.2 Å². The van der Waals surface area contributed by atoms with E-state index in [1.54, 1.807) is 4.57 Å². The molecule has 13 heteroatoms. The fourth-order valence-corrected chi connectivity index (χ4v) is 6.12. The number of nitrogens with one attached hydrogen (secondary N) is 1. The highest BCUT2D eigenvalue weighted by Crippen LogP contribution is 2.46. The summed E-state index contributed by atoms with van der Waals surface area (Å²) in [6.07, 6.45) is -1.03. The third-order valence-corrected chi connectivity index (χ3v) is 12.7. The maximum atomic E-state index is 12.6. The number of hydrogen-bond donors (Lipinski definition) is 1. The summed E-state index contributed by atoms with van der Waals surface area (Å²) in [5.41, 5.74) is 1.72. The first-order valence-electron chi connectivity index (χ1n) is 13.3. The van der Waals surface area contributed by atoms with Gasteiger partial charge in [0.15, 0.2) is 42.0 Å². The average molecular weight is 635 g/mol. The van der Waals surface area contributed by atoms with E-state index < -0.39 is 32.5 Å². The molecule has 0 radical (unpaired) electrons. The van der Waals surface area contributed by atoms with Gasteiger partial charge in [-0.15, -0.1) is 0 Å². The topological polar surface area (TPSA) is 119 Å². The Hall–Kier alpha value is -2.42. The Kier molecular flexibility index (Phi) is 7.83. The molecular weight excluding hydrogens is 598 g/mol. The molecule has 2 saturated heterocycles. The average Bonchev–Trinajstić information content (AvgIpc) is 3.49. The van der Waals surface area contributed by atoms with Gasteiger partial charge in [-0.2, -0.15) is 0 Å². The first kappa shape index (κ1) is 29.1. The summed E-state index contributed by atoms with van der Waals surface area (Å²) >= 11 is 3.56. The molecule has 2 aromatic heterocycles. The molecule has 40 heavy (non-hydrogen) atoms. The summed E-state index contributed by atoms with van der Waals surface area (Å²) in [4.78, 5) is 25.9. The Morgan fingerprint density at radius 3 is 2.55 bits per heavy atom. The van der Waals surface area contributed by atoms with E-state index >= 15 is 0 Å². The van der Waals surface area contributed by atoms with Crippen molar-refractivity contribution in [2.24, 2.45) is 0 Å². The minimum atomic E-state index is -2.02. The van der Waals surface area contributed by atoms with Gasteiger partial charge in [0.1, 0.15) is 31.2 Å². The number of imidazole rings is 1. The van der Waals surface area contributed by atoms with Crippen molar-refractivity contribution in [1.82, 2.24) is 19.5 Å². The van der Waals surface area contributed by atoms with E-state index in [1.807, 2.05) is 44.2 Å². The lowest BCUT2D eigenvalue weighted by Crippen LogP contribution is -2.44. The van der Waals surface area contributed by atoms with Gasteiger partial charge in [0.2, 0.25) is 0 Å². The second kappa shape index (κ2) is 10.8. The lowest BCUT2D eigenvalue weighted by atomic mass is 10.1. The second-order valence-electron chi connectivity index (χ2n) is 12.0. The summed E-state index contributed by atoms with van der Waals surface area (Å²) in [5, 5.41) is 2.74. The lowest BCUT2D eigenvalue weighted by molar-refractivity contribution is -0.199. The molecule has 1 amide bonds. The summed E-state index contributed by atoms with van der Waals surface area (Å²) in [6, 6.07) is 9.43. The molecule has 0 saturated carbocycles. The molecule has 0 aliphatic carbocycles. The molecule has 0 unspecified atom stereocenters. The number of benzene rings is 1. The largest absolute Gasteiger partial charge is 0.444 e. The van der Waals surface area contributed by atoms with E-state index in [4.69, 9.17) is 23.4 Å². The van der Waals surface area contributed by atoms with E-state index in [0.717, 1.165) is 5.56 Å². The molecule has 1 N–H and O–H groups in total. The number of carbonyl (C=O) groups is 1. The molecule has 2 fully saturated rings. The summed E-state index contributed by atoms with van der Waals surface area (Å²) in [5.74, 6) is -0.571. The third-order valence-electron chi connectivity index (χ3n) is 7.66. The van der Waals surface area contributed by atoms with E-state index in [2.05, 4.69) is 70.1 Å². The SMILES string of the molecule is CC1(C)O[C@@H]2[C@H](O1)[C@@H](CO[Si](C)(C)C(C)(C)C)O[C@H]2n1c(Br)nc2c(NC(=O)OCc3ccccc3)ncnc21. The second-order valence-corrected chi connectivity index (χ2v) is 17.6. The maximum Gasteiger partial charge on any atom is 0.413 e. The Labute approximate surface area is 243 Å². The smallest absolute Gasteiger partial charge is 0.413 e. The van der Waals surface area contributed by atoms with E-state index in [1.165, 1.54) is 6.33 Å². The predicted octanol–water partition coefficient (Wildman–Crippen LogP) is 5.78. The minimum absolute atomic E-state index is 0.0584. The minimum Gasteiger partial charge on any atom is -0.444 e. The Morgan fingerprint density at radius 2 is 1.85 bits per heavy atom. The van der Waals surface area contributed by atoms with Crippen molar-refractivity contribution in [2.45, 2.75) is 89.7 Å². The van der Waals surface area contributed by atoms with Gasteiger partial charge in [0, 0.05) is 0 Å². The predicted molar refractivity (Wildman–Crippen MR) is 154 cm³/mol. The van der Waals surface area contributed by atoms with Gasteiger partial charge in [0.25, 0.3) is 0 Å². The van der Waals surface area contributed by atoms with Crippen LogP contribution in [0, 0.1) is 0 Å². The van der Waals surface area contributed by atoms with Crippen molar-refractivity contribution in [1.29, 1.82) is 0 Å². The third kappa shape index (κ3) is 5.81. The number of ether oxygens (including phenoxy) is 4. The van der Waals surface area contributed by atoms with Crippen molar-refractivity contribution in [3.05, 3.63) is 47.0 Å². The first-order chi connectivity index (χ1) is 18.8. The quantitative estimate of drug-likeness (QED) is 0.255. The summed E-state index contributed by atoms with van der Waals surface area (Å²) < 4.78 is 33.3. The number of nitrogens with zero attached hydrogens (tertiary/aromatic N) is 4. The summed E-state index contributed by atoms with van der Waals surface area (Å²) in [6.45, 7) is 15.3. The van der Waals surface area contributed by atoms with Gasteiger partial charge in [-0.25, -0.2) is 19.7 Å². The number of anilines is 1. The van der Waals surface area contributed by atoms with Crippen LogP contribution in [0.5, 0.6) is 0 Å². The fourth-order valence-electron chi connectivity index (χ4n) is 4.56. The normalized spacial score (nSPS) is 24.3. The lowest BCUT2D eigenvalue weighted by Gasteiger charge is -2.37. The van der Waals surface area contributed by atoms with Gasteiger partial charge in [-0.3, -0.25) is 9.88 Å². The molecule has 2 aliphatic heterocycles. The molecule has 3 aromatic rings. The van der Waals surface area contributed by atoms with Crippen molar-refractivity contribution in [3.8, 4) is 0 Å². The first-order valence-corrected chi connectivity index (χ1v) is 17.0. The van der Waals surface area contributed by atoms with Crippen molar-refractivity contribution in [3.63, 3.8) is 0 Å². The van der Waals surface area contributed by atoms with Crippen LogP contribution in [0.15, 0.2) is 41.4 Å². The van der Waals surface area contributed by atoms with Crippen molar-refractivity contribution in [2.75, 3.05) is 11.9 Å². The van der Waals surface area contributed by atoms with Crippen LogP contribution in [0.3, 0.4) is 0 Å². The highest BCUT2D eigenvalue weighted by molar-refractivity contribution is 9.10. The van der Waals surface area contributed by atoms with Gasteiger partial charge in [0.05, 0.1) is 6.61 Å². The maximum absolute atomic E-state index is 12.6. The van der Waals surface area contributed by atoms with Crippen LogP contribution < -0.4 is 5.32 Å². The standard InChI is InChI=1S/C27H36BrN5O6Si/c1-26(2,3)40(6,7)36-14-17-19-20(39-27(4,5)38-19)23(37-17)33-22-18(31-24(33)28)21(29-15-30-22)32-25(34)35-13-16-11-9-8-10-12-16/h8-12,15,17,19-20,23H,13-14H2,1-7H3,(H,29,30,32,34)/t17-,19-,20-,23-/m1/s1. The molecule has 0 bridgehead atoms. The van der Waals surface area contributed by atoms with Crippen LogP contribution >= 0.6 is 15.9 Å². The number of aromatic nitrogens is 4. The summed E-state index contributed by atoms with van der Waals surface area (Å²) in [7, 11) is -2.02. The Bertz CT molecular complexity index is 1380. The molecule has 0 spiro atoms. The molecule has 5 rings (SSSR count). The van der Waals surface area contributed by atoms with E-state index in [-0.39, 0.29) is 29.7 Å². The van der Waals surface area contributed by atoms with Crippen molar-refractivity contribution >= 4 is 47.3 Å². The number of fused-ring (bicyclic) bond motifs is 2. The Balaban J connectivity index is 1.38. The highest BCUT2D eigenvalue weighted by atomic mass is 79.9. The van der Waals surface area contributed by atoms with E-state index in [0.29, 0.717) is 22.5 Å². The molecule has 216 valence electrons. The monoisotopic (exact) mass is 633 g/mol. The van der Waals surface area contributed by atoms with E-state index in [9.17, 15) is 4.79 Å². The zero-order valence-electron chi connectivity index (χ0n) is 23.8. The number of amides is 1. The van der Waals surface area contributed by atoms with Gasteiger partial charge in [-0.1, -0.05) is 51.1 Å². The molecule has 2 aliphatic rings. The number of halogens is 1. The van der Waals surface area contributed by atoms with Gasteiger partial charge in [-0.05, 0) is 53.5 Å². The van der Waals surface area contributed by atoms with Crippen molar-refractivity contribution < 1.29 is 28.2 Å². The number of rotatable bonds is 7. The van der Waals surface area contributed by atoms with Gasteiger partial charge >= 0.3 is 6.09 Å². The van der Waals surface area contributed by atoms with Crippen LogP contribution in [0.1, 0.15) is 46.4 Å². The highest BCUT2D eigenvalue weighted by Gasteiger charge is 2.57. The van der Waals surface area contributed by atoms with Crippen LogP contribution in [-0.4, -0.2) is 64.6 Å². The fraction of sp³-hybridized carbons (Fsp3) is 0.556. The number of carbonyl (C=O) groups excluding carboxylic acids is 1. The van der Waals surface area contributed by atoms with Gasteiger partial charge < -0.3 is 23.4 Å². The zero-order valence-corrected chi connectivity index (χ0v) is 26.4. The zero-order chi connectivity index (χ0) is 28.9. The Morgan fingerprint density at radius 1 is 1.15 bits per heavy atom. The molecule has 4 atom stereocenters. The molecule has 11 nitrogen and oxygen atoms in total. The van der Waals surface area contributed by atoms with Crippen LogP contribution in [0.4, 0.5) is 10.6 Å². The van der Waals surface area contributed by atoms with Crippen LogP contribution in [0.2, 0.25) is 18.1 Å². The molecular formula is C27H36BrN5O6Si.